The van der Waals surface area contributed by atoms with E-state index in [1.165, 1.54) is 0 Å². The normalized spacial score (nSPS) is 52.4. The third-order valence-electron chi connectivity index (χ3n) is 12.9. The maximum absolute atomic E-state index is 12.1. The summed E-state index contributed by atoms with van der Waals surface area (Å²) < 4.78 is 29.4. The van der Waals surface area contributed by atoms with Crippen LogP contribution >= 0.6 is 0 Å². The van der Waals surface area contributed by atoms with Crippen molar-refractivity contribution in [3.8, 4) is 0 Å². The first-order valence-electron chi connectivity index (χ1n) is 17.6. The highest BCUT2D eigenvalue weighted by molar-refractivity contribution is 5.76. The van der Waals surface area contributed by atoms with Crippen molar-refractivity contribution in [3.63, 3.8) is 0 Å². The third kappa shape index (κ3) is 5.34. The van der Waals surface area contributed by atoms with Crippen LogP contribution in [0.1, 0.15) is 106 Å². The number of hydrogen-bond acceptors (Lipinski definition) is 12. The maximum atomic E-state index is 12.1. The van der Waals surface area contributed by atoms with Crippen LogP contribution in [0.4, 0.5) is 0 Å². The summed E-state index contributed by atoms with van der Waals surface area (Å²) in [7, 11) is 0. The average Bonchev–Trinajstić information content (AvgIpc) is 3.39. The molecule has 13 nitrogen and oxygen atoms in total. The standard InChI is InChI=1S/C19H28O8.C15H22O5/c1-10-4-5-13-11(2)16(23-15(22)7-6-14(20)21)24-17-19(13)12(10)8-9-18(3,25-17)26-27-19;1-8-4-5-11-9(2)12(16)17-13-15(11)10(8)6-7-14(3,18-13)19-20-15/h10-13,16-17H,4-9H2,1-3H3,(H,20,21);8-11,13H,4-7H2,1-3H3/t10-,11-,12+,13+,16+,17-,18-,19-;8-,9-,10+,11+,13-,14+,15-/m11/s1. The molecule has 4 bridgehead atoms. The van der Waals surface area contributed by atoms with Gasteiger partial charge in [0.15, 0.2) is 17.5 Å². The number of carboxylic acid groups (broad SMARTS) is 1. The van der Waals surface area contributed by atoms with Gasteiger partial charge in [0.1, 0.15) is 0 Å². The monoisotopic (exact) mass is 666 g/mol. The van der Waals surface area contributed by atoms with Gasteiger partial charge >= 0.3 is 17.9 Å². The molecule has 47 heavy (non-hydrogen) atoms. The molecule has 0 aromatic heterocycles. The molecule has 8 aliphatic heterocycles. The zero-order valence-corrected chi connectivity index (χ0v) is 28.3. The third-order valence-corrected chi connectivity index (χ3v) is 12.9. The first-order valence-corrected chi connectivity index (χ1v) is 17.6. The van der Waals surface area contributed by atoms with Gasteiger partial charge in [-0.05, 0) is 70.1 Å². The number of aliphatic carboxylic acids is 1. The van der Waals surface area contributed by atoms with E-state index in [0.29, 0.717) is 24.2 Å². The molecule has 0 radical (unpaired) electrons. The van der Waals surface area contributed by atoms with E-state index in [1.807, 2.05) is 27.7 Å². The molecular formula is C34H50O13. The van der Waals surface area contributed by atoms with Crippen LogP contribution in [0.3, 0.4) is 0 Å². The molecule has 8 saturated heterocycles. The highest BCUT2D eigenvalue weighted by Gasteiger charge is 2.71. The predicted octanol–water partition coefficient (Wildman–Crippen LogP) is 5.00. The van der Waals surface area contributed by atoms with E-state index in [9.17, 15) is 14.4 Å². The van der Waals surface area contributed by atoms with Crippen LogP contribution in [0, 0.1) is 47.3 Å². The van der Waals surface area contributed by atoms with Crippen LogP contribution in [0.25, 0.3) is 0 Å². The number of ether oxygens (including phenoxy) is 5. The summed E-state index contributed by atoms with van der Waals surface area (Å²) in [6.45, 7) is 12.1. The molecule has 264 valence electrons. The summed E-state index contributed by atoms with van der Waals surface area (Å²) >= 11 is 0. The molecule has 15 atom stereocenters. The van der Waals surface area contributed by atoms with Gasteiger partial charge in [0.25, 0.3) is 0 Å². The summed E-state index contributed by atoms with van der Waals surface area (Å²) in [6.07, 6.45) is 4.96. The number of carbonyl (C=O) groups excluding carboxylic acids is 2. The number of carbonyl (C=O) groups is 3. The Morgan fingerprint density at radius 2 is 1.30 bits per heavy atom. The predicted molar refractivity (Wildman–Crippen MR) is 158 cm³/mol. The Kier molecular flexibility index (Phi) is 8.50. The molecule has 8 heterocycles. The van der Waals surface area contributed by atoms with Gasteiger partial charge in [0.2, 0.25) is 24.2 Å². The van der Waals surface area contributed by atoms with Crippen molar-refractivity contribution in [2.24, 2.45) is 47.3 Å². The summed E-state index contributed by atoms with van der Waals surface area (Å²) in [6, 6.07) is 0. The maximum Gasteiger partial charge on any atom is 0.311 e. The summed E-state index contributed by atoms with van der Waals surface area (Å²) in [5.41, 5.74) is -1.31. The highest BCUT2D eigenvalue weighted by atomic mass is 17.3. The van der Waals surface area contributed by atoms with E-state index in [0.717, 1.165) is 44.9 Å². The van der Waals surface area contributed by atoms with Crippen LogP contribution in [0.15, 0.2) is 0 Å². The van der Waals surface area contributed by atoms with Crippen molar-refractivity contribution < 1.29 is 62.7 Å². The van der Waals surface area contributed by atoms with Crippen molar-refractivity contribution in [1.29, 1.82) is 0 Å². The van der Waals surface area contributed by atoms with E-state index in [-0.39, 0.29) is 48.4 Å². The summed E-state index contributed by atoms with van der Waals surface area (Å²) in [5.74, 6) is -1.96. The van der Waals surface area contributed by atoms with Gasteiger partial charge in [-0.2, -0.15) is 0 Å². The zero-order valence-electron chi connectivity index (χ0n) is 28.3. The molecule has 0 aromatic rings. The molecule has 13 heteroatoms. The Morgan fingerprint density at radius 1 is 0.745 bits per heavy atom. The second kappa shape index (κ2) is 11.9. The summed E-state index contributed by atoms with van der Waals surface area (Å²) in [5, 5.41) is 8.76. The Morgan fingerprint density at radius 3 is 1.89 bits per heavy atom. The number of rotatable bonds is 4. The Labute approximate surface area is 275 Å². The van der Waals surface area contributed by atoms with Crippen LogP contribution < -0.4 is 0 Å². The first kappa shape index (κ1) is 33.6. The van der Waals surface area contributed by atoms with E-state index in [1.54, 1.807) is 0 Å². The van der Waals surface area contributed by atoms with E-state index in [2.05, 4.69) is 13.8 Å². The molecule has 0 amide bonds. The lowest BCUT2D eigenvalue weighted by Gasteiger charge is -2.59. The average molecular weight is 667 g/mol. The van der Waals surface area contributed by atoms with Gasteiger partial charge in [-0.1, -0.05) is 27.7 Å². The van der Waals surface area contributed by atoms with Crippen molar-refractivity contribution in [2.45, 2.75) is 147 Å². The van der Waals surface area contributed by atoms with Crippen molar-refractivity contribution in [1.82, 2.24) is 0 Å². The number of fused-ring (bicyclic) bond motifs is 4. The molecule has 2 spiro atoms. The molecule has 0 aromatic carbocycles. The smallest absolute Gasteiger partial charge is 0.311 e. The van der Waals surface area contributed by atoms with Crippen LogP contribution in [-0.2, 0) is 57.6 Å². The van der Waals surface area contributed by atoms with Gasteiger partial charge in [-0.15, -0.1) is 0 Å². The number of hydrogen-bond donors (Lipinski definition) is 1. The lowest BCUT2D eigenvalue weighted by molar-refractivity contribution is -0.576. The van der Waals surface area contributed by atoms with Crippen molar-refractivity contribution in [3.05, 3.63) is 0 Å². The van der Waals surface area contributed by atoms with Gasteiger partial charge in [-0.3, -0.25) is 14.4 Å². The minimum atomic E-state index is -1.03. The first-order chi connectivity index (χ1) is 22.2. The van der Waals surface area contributed by atoms with Gasteiger partial charge in [-0.25, -0.2) is 19.6 Å². The fourth-order valence-electron chi connectivity index (χ4n) is 10.2. The molecule has 10 rings (SSSR count). The second-order valence-electron chi connectivity index (χ2n) is 15.8. The van der Waals surface area contributed by atoms with Crippen molar-refractivity contribution >= 4 is 17.9 Å². The van der Waals surface area contributed by atoms with Gasteiger partial charge in [0.05, 0.1) is 18.8 Å². The van der Waals surface area contributed by atoms with Crippen LogP contribution in [-0.4, -0.2) is 64.7 Å². The Hall–Kier alpha value is -1.87. The molecule has 10 aliphatic rings. The SMILES string of the molecule is C[C@@H]1CC[C@H]2[C@@H](C)C(=O)O[C@@H]3O[C@]4(C)CC[C@@H]1[C@]32OO4.C[C@H]1[C@@H](OC(=O)CCC(=O)O)O[C@@H]2O[C@@]3(C)CC[C@H]4[C@H](C)CC[C@@H]1[C@@]24OO3. The topological polar surface area (TPSA) is 155 Å². The molecule has 1 N–H and O–H groups in total. The molecule has 10 fully saturated rings. The molecule has 2 aliphatic carbocycles. The van der Waals surface area contributed by atoms with E-state index in [4.69, 9.17) is 48.3 Å². The van der Waals surface area contributed by atoms with E-state index >= 15 is 0 Å². The Bertz CT molecular complexity index is 1260. The zero-order chi connectivity index (χ0) is 33.5. The summed E-state index contributed by atoms with van der Waals surface area (Å²) in [4.78, 5) is 58.2. The molecular weight excluding hydrogens is 616 g/mol. The lowest BCUT2D eigenvalue weighted by atomic mass is 9.58. The lowest BCUT2D eigenvalue weighted by Crippen LogP contribution is -2.70. The van der Waals surface area contributed by atoms with Crippen LogP contribution in [0.2, 0.25) is 0 Å². The molecule has 2 saturated carbocycles. The minimum absolute atomic E-state index is 0.0670. The largest absolute Gasteiger partial charge is 0.481 e. The van der Waals surface area contributed by atoms with Gasteiger partial charge in [0, 0.05) is 36.5 Å². The quantitative estimate of drug-likeness (QED) is 0.317. The molecule has 0 unspecified atom stereocenters. The van der Waals surface area contributed by atoms with E-state index < -0.39 is 53.6 Å². The van der Waals surface area contributed by atoms with Gasteiger partial charge < -0.3 is 28.8 Å². The number of esters is 2. The fraction of sp³-hybridized carbons (Fsp3) is 0.912. The minimum Gasteiger partial charge on any atom is -0.481 e. The second-order valence-corrected chi connectivity index (χ2v) is 15.8. The van der Waals surface area contributed by atoms with Crippen molar-refractivity contribution in [2.75, 3.05) is 0 Å². The highest BCUT2D eigenvalue weighted by Crippen LogP contribution is 2.61. The van der Waals surface area contributed by atoms with Crippen LogP contribution in [0.5, 0.6) is 0 Å². The Balaban J connectivity index is 0.000000156. The number of carboxylic acids is 1. The fourth-order valence-corrected chi connectivity index (χ4v) is 10.2.